The summed E-state index contributed by atoms with van der Waals surface area (Å²) in [5.74, 6) is -0.901. The Bertz CT molecular complexity index is 1390. The SMILES string of the molecule is C=CCOc1cc([C@@H](CCC)NC(=O)[C@]2(C)CSC(/C(C)=N/O[C@H]3O[C@@H]4COC(C)(C)O[C@H]4[C@@H]4OC(C)(C)O[C@H]34)=N2)oc(=O)c1. The van der Waals surface area contributed by atoms with E-state index in [1.54, 1.807) is 26.0 Å². The van der Waals surface area contributed by atoms with Crippen molar-refractivity contribution in [2.24, 2.45) is 10.1 Å². The van der Waals surface area contributed by atoms with E-state index in [4.69, 9.17) is 42.7 Å². The van der Waals surface area contributed by atoms with Crippen LogP contribution in [0.1, 0.15) is 73.1 Å². The molecule has 7 atom stereocenters. The van der Waals surface area contributed by atoms with Gasteiger partial charge in [-0.1, -0.05) is 31.2 Å². The van der Waals surface area contributed by atoms with E-state index in [2.05, 4.69) is 17.1 Å². The van der Waals surface area contributed by atoms with Gasteiger partial charge in [0.25, 0.3) is 6.29 Å². The summed E-state index contributed by atoms with van der Waals surface area (Å²) in [5, 5.41) is 7.92. The second kappa shape index (κ2) is 13.2. The molecule has 13 nitrogen and oxygen atoms in total. The maximum absolute atomic E-state index is 13.6. The van der Waals surface area contributed by atoms with Crippen LogP contribution in [0.15, 0.2) is 44.1 Å². The summed E-state index contributed by atoms with van der Waals surface area (Å²) >= 11 is 1.40. The van der Waals surface area contributed by atoms with E-state index in [9.17, 15) is 9.59 Å². The minimum atomic E-state index is -1.09. The van der Waals surface area contributed by atoms with Gasteiger partial charge >= 0.3 is 5.63 Å². The molecule has 0 aromatic carbocycles. The molecule has 1 N–H and O–H groups in total. The lowest BCUT2D eigenvalue weighted by molar-refractivity contribution is -0.370. The van der Waals surface area contributed by atoms with Crippen LogP contribution in [0.25, 0.3) is 0 Å². The summed E-state index contributed by atoms with van der Waals surface area (Å²) in [4.78, 5) is 36.4. The number of hydrogen-bond donors (Lipinski definition) is 1. The normalized spacial score (nSPS) is 32.6. The van der Waals surface area contributed by atoms with E-state index in [0.717, 1.165) is 6.42 Å². The summed E-state index contributed by atoms with van der Waals surface area (Å²) in [6.07, 6.45) is 0.137. The lowest BCUT2D eigenvalue weighted by Gasteiger charge is -2.47. The molecule has 248 valence electrons. The maximum atomic E-state index is 13.6. The largest absolute Gasteiger partial charge is 0.489 e. The second-order valence-electron chi connectivity index (χ2n) is 12.6. The van der Waals surface area contributed by atoms with Crippen LogP contribution in [0, 0.1) is 0 Å². The first-order valence-electron chi connectivity index (χ1n) is 15.2. The fourth-order valence-electron chi connectivity index (χ4n) is 5.57. The molecule has 45 heavy (non-hydrogen) atoms. The zero-order chi connectivity index (χ0) is 32.6. The monoisotopic (exact) mass is 649 g/mol. The molecule has 1 amide bonds. The van der Waals surface area contributed by atoms with Crippen molar-refractivity contribution >= 4 is 28.4 Å². The first kappa shape index (κ1) is 33.6. The minimum Gasteiger partial charge on any atom is -0.489 e. The average molecular weight is 650 g/mol. The molecule has 4 aliphatic rings. The Morgan fingerprint density at radius 2 is 1.91 bits per heavy atom. The lowest BCUT2D eigenvalue weighted by atomic mass is 9.97. The molecule has 0 unspecified atom stereocenters. The van der Waals surface area contributed by atoms with E-state index < -0.39 is 59.5 Å². The Kier molecular flexibility index (Phi) is 9.83. The molecule has 5 rings (SSSR count). The maximum Gasteiger partial charge on any atom is 0.339 e. The van der Waals surface area contributed by atoms with Crippen LogP contribution >= 0.6 is 11.8 Å². The molecule has 3 saturated heterocycles. The van der Waals surface area contributed by atoms with E-state index in [0.29, 0.717) is 41.0 Å². The van der Waals surface area contributed by atoms with Crippen LogP contribution in [-0.2, 0) is 33.3 Å². The van der Waals surface area contributed by atoms with Crippen LogP contribution in [-0.4, -0.2) is 83.4 Å². The van der Waals surface area contributed by atoms with Crippen molar-refractivity contribution in [1.29, 1.82) is 0 Å². The van der Waals surface area contributed by atoms with Gasteiger partial charge in [0.15, 0.2) is 17.7 Å². The smallest absolute Gasteiger partial charge is 0.339 e. The highest BCUT2D eigenvalue weighted by atomic mass is 32.2. The Balaban J connectivity index is 1.27. The predicted octanol–water partition coefficient (Wildman–Crippen LogP) is 3.86. The summed E-state index contributed by atoms with van der Waals surface area (Å²) < 4.78 is 41.5. The van der Waals surface area contributed by atoms with E-state index in [1.807, 2.05) is 34.6 Å². The molecule has 1 aromatic rings. The lowest BCUT2D eigenvalue weighted by Crippen LogP contribution is -2.63. The number of ether oxygens (including phenoxy) is 6. The van der Waals surface area contributed by atoms with Crippen LogP contribution in [0.3, 0.4) is 0 Å². The summed E-state index contributed by atoms with van der Waals surface area (Å²) in [6.45, 7) is 17.0. The van der Waals surface area contributed by atoms with Crippen molar-refractivity contribution in [1.82, 2.24) is 5.32 Å². The Hall–Kier alpha value is -2.75. The fourth-order valence-corrected chi connectivity index (χ4v) is 6.69. The highest BCUT2D eigenvalue weighted by molar-refractivity contribution is 8.16. The number of fused-ring (bicyclic) bond motifs is 3. The summed E-state index contributed by atoms with van der Waals surface area (Å²) in [5.41, 5.74) is -1.17. The molecule has 3 fully saturated rings. The Labute approximate surface area is 267 Å². The van der Waals surface area contributed by atoms with E-state index in [-0.39, 0.29) is 12.5 Å². The van der Waals surface area contributed by atoms with Gasteiger partial charge in [0.05, 0.1) is 18.7 Å². The number of nitrogens with one attached hydrogen (secondary N) is 1. The summed E-state index contributed by atoms with van der Waals surface area (Å²) in [6, 6.07) is 2.33. The number of nitrogens with zero attached hydrogens (tertiary/aromatic N) is 2. The third kappa shape index (κ3) is 7.63. The number of thioether (sulfide) groups is 1. The topological polar surface area (TPSA) is 149 Å². The predicted molar refractivity (Wildman–Crippen MR) is 166 cm³/mol. The highest BCUT2D eigenvalue weighted by Crippen LogP contribution is 2.42. The molecule has 0 saturated carbocycles. The van der Waals surface area contributed by atoms with Gasteiger partial charge in [-0.2, -0.15) is 0 Å². The van der Waals surface area contributed by atoms with Crippen LogP contribution in [0.4, 0.5) is 0 Å². The average Bonchev–Trinajstić information content (AvgIpc) is 3.54. The highest BCUT2D eigenvalue weighted by Gasteiger charge is 2.59. The van der Waals surface area contributed by atoms with Gasteiger partial charge in [-0.3, -0.25) is 9.79 Å². The van der Waals surface area contributed by atoms with Gasteiger partial charge in [0.2, 0.25) is 5.91 Å². The van der Waals surface area contributed by atoms with Crippen molar-refractivity contribution in [3.05, 3.63) is 41.0 Å². The van der Waals surface area contributed by atoms with Crippen molar-refractivity contribution in [3.8, 4) is 5.75 Å². The number of carbonyl (C=O) groups is 1. The Morgan fingerprint density at radius 3 is 2.64 bits per heavy atom. The van der Waals surface area contributed by atoms with E-state index >= 15 is 0 Å². The fraction of sp³-hybridized carbons (Fsp3) is 0.677. The molecule has 5 heterocycles. The number of amides is 1. The van der Waals surface area contributed by atoms with Crippen molar-refractivity contribution in [3.63, 3.8) is 0 Å². The molecule has 0 bridgehead atoms. The molecular formula is C31H43N3O10S. The van der Waals surface area contributed by atoms with E-state index in [1.165, 1.54) is 17.8 Å². The third-order valence-corrected chi connectivity index (χ3v) is 9.10. The Morgan fingerprint density at radius 1 is 1.18 bits per heavy atom. The van der Waals surface area contributed by atoms with Crippen molar-refractivity contribution < 1.29 is 42.5 Å². The van der Waals surface area contributed by atoms with Crippen LogP contribution in [0.5, 0.6) is 5.75 Å². The first-order chi connectivity index (χ1) is 21.2. The second-order valence-corrected chi connectivity index (χ2v) is 13.6. The van der Waals surface area contributed by atoms with Crippen molar-refractivity contribution in [2.75, 3.05) is 19.0 Å². The van der Waals surface area contributed by atoms with Gasteiger partial charge in [0, 0.05) is 11.8 Å². The number of carbonyl (C=O) groups excluding carboxylic acids is 1. The van der Waals surface area contributed by atoms with Gasteiger partial charge < -0.3 is 43.0 Å². The number of hydrogen-bond acceptors (Lipinski definition) is 13. The van der Waals surface area contributed by atoms with Crippen LogP contribution in [0.2, 0.25) is 0 Å². The number of rotatable bonds is 11. The van der Waals surface area contributed by atoms with Gasteiger partial charge in [-0.15, -0.1) is 11.8 Å². The number of oxime groups is 1. The van der Waals surface area contributed by atoms with Crippen LogP contribution < -0.4 is 15.7 Å². The molecule has 0 spiro atoms. The molecule has 0 radical (unpaired) electrons. The molecule has 14 heteroatoms. The molecule has 4 aliphatic heterocycles. The molecule has 0 aliphatic carbocycles. The van der Waals surface area contributed by atoms with Crippen molar-refractivity contribution in [2.45, 2.75) is 115 Å². The zero-order valence-corrected chi connectivity index (χ0v) is 27.6. The molecule has 1 aromatic heterocycles. The zero-order valence-electron chi connectivity index (χ0n) is 26.8. The third-order valence-electron chi connectivity index (χ3n) is 7.73. The quantitative estimate of drug-likeness (QED) is 0.212. The number of aliphatic imine (C=N–C) groups is 1. The van der Waals surface area contributed by atoms with Gasteiger partial charge in [-0.05, 0) is 48.0 Å². The minimum absolute atomic E-state index is 0.236. The van der Waals surface area contributed by atoms with Gasteiger partial charge in [-0.25, -0.2) is 4.79 Å². The molecular weight excluding hydrogens is 606 g/mol. The first-order valence-corrected chi connectivity index (χ1v) is 16.2. The van der Waals surface area contributed by atoms with Gasteiger partial charge in [0.1, 0.15) is 52.7 Å². The standard InChI is InChI=1S/C31H43N3O10S/c1-9-11-19(20-13-18(37-12-10-2)14-22(35)39-20)32-28(36)31(8)16-45-26(33-31)17(3)34-44-27-25-24(42-30(6,7)43-25)23-21(40-27)15-38-29(4,5)41-23/h10,13-14,19,21,23-25,27H,2,9,11-12,15-16H2,1,3-8H3,(H,32,36)/b34-17+/t19-,21-,23-,24+,25+,27-,31+/m1/s1. The summed E-state index contributed by atoms with van der Waals surface area (Å²) in [7, 11) is 0.